The van der Waals surface area contributed by atoms with E-state index < -0.39 is 0 Å². The van der Waals surface area contributed by atoms with Crippen molar-refractivity contribution in [1.29, 1.82) is 0 Å². The molecule has 3 rings (SSSR count). The first-order valence-electron chi connectivity index (χ1n) is 8.26. The molecule has 0 radical (unpaired) electrons. The van der Waals surface area contributed by atoms with Gasteiger partial charge in [0.2, 0.25) is 0 Å². The molecule has 23 heavy (non-hydrogen) atoms. The maximum Gasteiger partial charge on any atom is 0.133 e. The molecule has 1 fully saturated rings. The highest BCUT2D eigenvalue weighted by Crippen LogP contribution is 2.36. The smallest absolute Gasteiger partial charge is 0.133 e. The van der Waals surface area contributed by atoms with Crippen LogP contribution >= 0.6 is 15.9 Å². The molecule has 0 spiro atoms. The van der Waals surface area contributed by atoms with Crippen molar-refractivity contribution < 1.29 is 4.74 Å². The summed E-state index contributed by atoms with van der Waals surface area (Å²) in [7, 11) is 0. The Kier molecular flexibility index (Phi) is 5.08. The first-order chi connectivity index (χ1) is 11.1. The van der Waals surface area contributed by atoms with E-state index in [0.717, 1.165) is 29.9 Å². The van der Waals surface area contributed by atoms with Gasteiger partial charge < -0.3 is 10.1 Å². The minimum Gasteiger partial charge on any atom is -0.492 e. The van der Waals surface area contributed by atoms with Gasteiger partial charge in [-0.1, -0.05) is 50.2 Å². The fraction of sp³-hybridized carbons (Fsp3) is 0.400. The fourth-order valence-corrected chi connectivity index (χ4v) is 3.59. The fourth-order valence-electron chi connectivity index (χ4n) is 3.09. The maximum absolute atomic E-state index is 6.01. The summed E-state index contributed by atoms with van der Waals surface area (Å²) in [5.74, 6) is 1.56. The third-order valence-electron chi connectivity index (χ3n) is 4.79. The summed E-state index contributed by atoms with van der Waals surface area (Å²) in [4.78, 5) is 0. The van der Waals surface area contributed by atoms with Gasteiger partial charge in [0.15, 0.2) is 0 Å². The molecule has 3 heteroatoms. The Balaban J connectivity index is 1.75. The van der Waals surface area contributed by atoms with Crippen molar-refractivity contribution in [3.05, 3.63) is 64.1 Å². The van der Waals surface area contributed by atoms with Gasteiger partial charge in [0.05, 0.1) is 11.1 Å². The van der Waals surface area contributed by atoms with Crippen LogP contribution in [0.15, 0.2) is 53.0 Å². The number of hydrogen-bond donors (Lipinski definition) is 1. The van der Waals surface area contributed by atoms with E-state index in [1.165, 1.54) is 17.5 Å². The van der Waals surface area contributed by atoms with Crippen LogP contribution in [0.5, 0.6) is 5.75 Å². The number of rotatable bonds is 5. The zero-order valence-electron chi connectivity index (χ0n) is 13.8. The minimum absolute atomic E-state index is 0.0301. The maximum atomic E-state index is 6.01. The SMILES string of the molecule is CC(C)(c1ccccc1)c1ccc(OC[C@H]2CCNC2)c(Br)c1. The van der Waals surface area contributed by atoms with Crippen LogP contribution in [-0.4, -0.2) is 19.7 Å². The molecular formula is C20H24BrNO. The van der Waals surface area contributed by atoms with Gasteiger partial charge in [-0.3, -0.25) is 0 Å². The van der Waals surface area contributed by atoms with Crippen molar-refractivity contribution in [3.63, 3.8) is 0 Å². The largest absolute Gasteiger partial charge is 0.492 e. The number of hydrogen-bond acceptors (Lipinski definition) is 2. The summed E-state index contributed by atoms with van der Waals surface area (Å²) in [6.45, 7) is 7.48. The van der Waals surface area contributed by atoms with E-state index in [4.69, 9.17) is 4.74 Å². The van der Waals surface area contributed by atoms with Crippen LogP contribution in [0, 0.1) is 5.92 Å². The van der Waals surface area contributed by atoms with E-state index in [9.17, 15) is 0 Å². The molecule has 1 atom stereocenters. The van der Waals surface area contributed by atoms with Crippen molar-refractivity contribution >= 4 is 15.9 Å². The van der Waals surface area contributed by atoms with Crippen LogP contribution in [0.25, 0.3) is 0 Å². The van der Waals surface area contributed by atoms with Crippen molar-refractivity contribution in [2.75, 3.05) is 19.7 Å². The van der Waals surface area contributed by atoms with E-state index in [1.54, 1.807) is 0 Å². The summed E-state index contributed by atoms with van der Waals surface area (Å²) in [6.07, 6.45) is 1.21. The van der Waals surface area contributed by atoms with Gasteiger partial charge in [-0.05, 0) is 52.2 Å². The summed E-state index contributed by atoms with van der Waals surface area (Å²) < 4.78 is 7.04. The predicted molar refractivity (Wildman–Crippen MR) is 99.2 cm³/mol. The lowest BCUT2D eigenvalue weighted by atomic mass is 9.78. The normalized spacial score (nSPS) is 18.1. The molecule has 122 valence electrons. The van der Waals surface area contributed by atoms with Crippen molar-refractivity contribution in [2.45, 2.75) is 25.7 Å². The van der Waals surface area contributed by atoms with Crippen molar-refractivity contribution in [1.82, 2.24) is 5.32 Å². The van der Waals surface area contributed by atoms with Gasteiger partial charge in [-0.25, -0.2) is 0 Å². The molecule has 2 aromatic carbocycles. The molecule has 0 bridgehead atoms. The molecule has 1 heterocycles. The molecule has 1 N–H and O–H groups in total. The molecular weight excluding hydrogens is 350 g/mol. The van der Waals surface area contributed by atoms with E-state index in [2.05, 4.69) is 83.6 Å². The van der Waals surface area contributed by atoms with E-state index in [1.807, 2.05) is 0 Å². The summed E-state index contributed by atoms with van der Waals surface area (Å²) >= 11 is 3.68. The van der Waals surface area contributed by atoms with Gasteiger partial charge in [0.25, 0.3) is 0 Å². The van der Waals surface area contributed by atoms with Gasteiger partial charge in [0.1, 0.15) is 5.75 Å². The number of ether oxygens (including phenoxy) is 1. The van der Waals surface area contributed by atoms with E-state index >= 15 is 0 Å². The van der Waals surface area contributed by atoms with Gasteiger partial charge in [-0.15, -0.1) is 0 Å². The Bertz CT molecular complexity index is 648. The van der Waals surface area contributed by atoms with Gasteiger partial charge >= 0.3 is 0 Å². The first kappa shape index (κ1) is 16.5. The van der Waals surface area contributed by atoms with E-state index in [0.29, 0.717) is 5.92 Å². The minimum atomic E-state index is -0.0301. The van der Waals surface area contributed by atoms with Crippen molar-refractivity contribution in [2.24, 2.45) is 5.92 Å². The molecule has 0 unspecified atom stereocenters. The Morgan fingerprint density at radius 2 is 1.91 bits per heavy atom. The molecule has 0 amide bonds. The molecule has 0 aromatic heterocycles. The lowest BCUT2D eigenvalue weighted by Gasteiger charge is -2.27. The molecule has 2 nitrogen and oxygen atoms in total. The number of halogens is 1. The Labute approximate surface area is 147 Å². The zero-order chi connectivity index (χ0) is 16.3. The topological polar surface area (TPSA) is 21.3 Å². The lowest BCUT2D eigenvalue weighted by molar-refractivity contribution is 0.258. The van der Waals surface area contributed by atoms with Gasteiger partial charge in [-0.2, -0.15) is 0 Å². The van der Waals surface area contributed by atoms with Crippen LogP contribution in [0.4, 0.5) is 0 Å². The highest BCUT2D eigenvalue weighted by Gasteiger charge is 2.24. The summed E-state index contributed by atoms with van der Waals surface area (Å²) in [6, 6.07) is 17.1. The number of nitrogens with one attached hydrogen (secondary N) is 1. The van der Waals surface area contributed by atoms with E-state index in [-0.39, 0.29) is 5.41 Å². The average Bonchev–Trinajstić information content (AvgIpc) is 3.08. The van der Waals surface area contributed by atoms with Crippen LogP contribution in [0.1, 0.15) is 31.4 Å². The van der Waals surface area contributed by atoms with Gasteiger partial charge in [0, 0.05) is 17.9 Å². The quantitative estimate of drug-likeness (QED) is 0.815. The second-order valence-electron chi connectivity index (χ2n) is 6.81. The molecule has 2 aromatic rings. The zero-order valence-corrected chi connectivity index (χ0v) is 15.4. The highest BCUT2D eigenvalue weighted by molar-refractivity contribution is 9.10. The lowest BCUT2D eigenvalue weighted by Crippen LogP contribution is -2.19. The molecule has 0 aliphatic carbocycles. The third-order valence-corrected chi connectivity index (χ3v) is 5.41. The second kappa shape index (κ2) is 7.06. The standard InChI is InChI=1S/C20H24BrNO/c1-20(2,16-6-4-3-5-7-16)17-8-9-19(18(21)12-17)23-14-15-10-11-22-13-15/h3-9,12,15,22H,10-11,13-14H2,1-2H3/t15-/m0/s1. The Morgan fingerprint density at radius 3 is 2.57 bits per heavy atom. The van der Waals surface area contributed by atoms with Crippen LogP contribution in [-0.2, 0) is 5.41 Å². The predicted octanol–water partition coefficient (Wildman–Crippen LogP) is 4.76. The van der Waals surface area contributed by atoms with Crippen LogP contribution < -0.4 is 10.1 Å². The van der Waals surface area contributed by atoms with Crippen molar-refractivity contribution in [3.8, 4) is 5.75 Å². The Morgan fingerprint density at radius 1 is 1.13 bits per heavy atom. The molecule has 0 saturated carbocycles. The van der Waals surface area contributed by atoms with Crippen LogP contribution in [0.3, 0.4) is 0 Å². The summed E-state index contributed by atoms with van der Waals surface area (Å²) in [5, 5.41) is 3.38. The second-order valence-corrected chi connectivity index (χ2v) is 7.66. The Hall–Kier alpha value is -1.32. The molecule has 1 aliphatic heterocycles. The monoisotopic (exact) mass is 373 g/mol. The average molecular weight is 374 g/mol. The third kappa shape index (κ3) is 3.78. The molecule has 1 saturated heterocycles. The highest BCUT2D eigenvalue weighted by atomic mass is 79.9. The van der Waals surface area contributed by atoms with Crippen LogP contribution in [0.2, 0.25) is 0 Å². The number of benzene rings is 2. The summed E-state index contributed by atoms with van der Waals surface area (Å²) in [5.41, 5.74) is 2.57. The molecule has 1 aliphatic rings. The first-order valence-corrected chi connectivity index (χ1v) is 9.06.